The summed E-state index contributed by atoms with van der Waals surface area (Å²) < 4.78 is 39.7. The van der Waals surface area contributed by atoms with Crippen LogP contribution >= 0.6 is 23.2 Å². The average molecular weight is 255 g/mol. The lowest BCUT2D eigenvalue weighted by Gasteiger charge is -2.09. The van der Waals surface area contributed by atoms with Crippen molar-refractivity contribution in [3.8, 4) is 0 Å². The molecule has 0 aliphatic rings. The van der Waals surface area contributed by atoms with Crippen LogP contribution in [0.1, 0.15) is 12.5 Å². The second-order valence-electron chi connectivity index (χ2n) is 3.18. The van der Waals surface area contributed by atoms with Gasteiger partial charge in [0, 0.05) is 5.56 Å². The molecule has 1 aromatic rings. The largest absolute Gasteiger partial charge is 0.205 e. The van der Waals surface area contributed by atoms with Gasteiger partial charge in [0.05, 0.1) is 0 Å². The van der Waals surface area contributed by atoms with Crippen LogP contribution < -0.4 is 0 Å². The summed E-state index contributed by atoms with van der Waals surface area (Å²) in [4.78, 5) is 0. The molecule has 0 amide bonds. The van der Waals surface area contributed by atoms with Gasteiger partial charge in [-0.2, -0.15) is 0 Å². The molecular weight excluding hydrogens is 248 g/mol. The molecule has 0 saturated heterocycles. The molecule has 0 spiro atoms. The molecule has 0 atom stereocenters. The number of rotatable bonds is 2. The van der Waals surface area contributed by atoms with Gasteiger partial charge < -0.3 is 0 Å². The van der Waals surface area contributed by atoms with Gasteiger partial charge in [0.25, 0.3) is 0 Å². The minimum Gasteiger partial charge on any atom is -0.205 e. The van der Waals surface area contributed by atoms with E-state index in [-0.39, 0.29) is 12.0 Å². The van der Waals surface area contributed by atoms with Crippen LogP contribution in [0.25, 0.3) is 0 Å². The van der Waals surface area contributed by atoms with E-state index in [0.29, 0.717) is 5.57 Å². The summed E-state index contributed by atoms with van der Waals surface area (Å²) in [5.74, 6) is -3.53. The Morgan fingerprint density at radius 3 is 1.80 bits per heavy atom. The van der Waals surface area contributed by atoms with Crippen molar-refractivity contribution in [1.29, 1.82) is 0 Å². The Morgan fingerprint density at radius 2 is 1.47 bits per heavy atom. The highest BCUT2D eigenvalue weighted by Gasteiger charge is 2.22. The number of hydrogen-bond acceptors (Lipinski definition) is 0. The summed E-state index contributed by atoms with van der Waals surface area (Å²) in [7, 11) is 0. The molecule has 5 heteroatoms. The molecule has 1 aromatic carbocycles. The molecular formula is C10H7Cl2F3. The summed E-state index contributed by atoms with van der Waals surface area (Å²) in [6.45, 7) is 5.09. The highest BCUT2D eigenvalue weighted by Crippen LogP contribution is 2.32. The Bertz CT molecular complexity index is 398. The quantitative estimate of drug-likeness (QED) is 0.413. The van der Waals surface area contributed by atoms with Gasteiger partial charge in [0.1, 0.15) is 10.0 Å². The van der Waals surface area contributed by atoms with Crippen molar-refractivity contribution < 1.29 is 13.2 Å². The number of benzene rings is 1. The lowest BCUT2D eigenvalue weighted by molar-refractivity contribution is 0.528. The Hall–Kier alpha value is -0.670. The van der Waals surface area contributed by atoms with Crippen LogP contribution in [0.4, 0.5) is 13.2 Å². The Labute approximate surface area is 95.3 Å². The third kappa shape index (κ3) is 2.29. The molecule has 0 aliphatic heterocycles. The van der Waals surface area contributed by atoms with Crippen molar-refractivity contribution in [2.75, 3.05) is 0 Å². The number of allylic oxidation sites excluding steroid dienone is 1. The molecule has 82 valence electrons. The van der Waals surface area contributed by atoms with E-state index in [1.807, 2.05) is 0 Å². The van der Waals surface area contributed by atoms with Gasteiger partial charge in [-0.25, -0.2) is 13.2 Å². The summed E-state index contributed by atoms with van der Waals surface area (Å²) in [6.07, 6.45) is -0.0720. The van der Waals surface area contributed by atoms with E-state index in [2.05, 4.69) is 6.58 Å². The minimum atomic E-state index is -1.28. The van der Waals surface area contributed by atoms with E-state index >= 15 is 0 Å². The Morgan fingerprint density at radius 1 is 1.07 bits per heavy atom. The van der Waals surface area contributed by atoms with E-state index in [1.54, 1.807) is 6.92 Å². The van der Waals surface area contributed by atoms with Crippen molar-refractivity contribution in [3.05, 3.63) is 45.2 Å². The average Bonchev–Trinajstić information content (AvgIpc) is 2.18. The molecule has 0 fully saturated rings. The second-order valence-corrected chi connectivity index (χ2v) is 3.94. The van der Waals surface area contributed by atoms with Crippen LogP contribution in [0.3, 0.4) is 0 Å². The molecule has 0 aliphatic carbocycles. The van der Waals surface area contributed by atoms with E-state index in [1.165, 1.54) is 0 Å². The predicted octanol–water partition coefficient (Wildman–Crippen LogP) is 4.53. The fourth-order valence-electron chi connectivity index (χ4n) is 1.11. The van der Waals surface area contributed by atoms with Gasteiger partial charge in [-0.15, -0.1) is 0 Å². The van der Waals surface area contributed by atoms with E-state index in [0.717, 1.165) is 0 Å². The maximum atomic E-state index is 13.4. The number of halogens is 5. The molecule has 0 bridgehead atoms. The monoisotopic (exact) mass is 254 g/mol. The highest BCUT2D eigenvalue weighted by molar-refractivity contribution is 6.35. The molecule has 1 rings (SSSR count). The van der Waals surface area contributed by atoms with Gasteiger partial charge >= 0.3 is 0 Å². The maximum absolute atomic E-state index is 13.4. The van der Waals surface area contributed by atoms with Crippen molar-refractivity contribution in [2.24, 2.45) is 0 Å². The molecule has 0 nitrogen and oxygen atoms in total. The topological polar surface area (TPSA) is 0 Å². The summed E-state index contributed by atoms with van der Waals surface area (Å²) in [6, 6.07) is 0. The molecule has 0 N–H and O–H groups in total. The van der Waals surface area contributed by atoms with Crippen LogP contribution in [-0.4, -0.2) is 0 Å². The third-order valence-corrected chi connectivity index (χ3v) is 2.44. The minimum absolute atomic E-state index is 0.0720. The first-order valence-corrected chi connectivity index (χ1v) is 4.76. The third-order valence-electron chi connectivity index (χ3n) is 1.78. The van der Waals surface area contributed by atoms with Crippen molar-refractivity contribution in [2.45, 2.75) is 13.3 Å². The lowest BCUT2D eigenvalue weighted by Crippen LogP contribution is -2.01. The van der Waals surface area contributed by atoms with Crippen LogP contribution in [0.5, 0.6) is 0 Å². The summed E-state index contributed by atoms with van der Waals surface area (Å²) in [5.41, 5.74) is 0.158. The zero-order chi connectivity index (χ0) is 11.7. The molecule has 0 radical (unpaired) electrons. The first kappa shape index (κ1) is 12.4. The number of hydrogen-bond donors (Lipinski definition) is 0. The second kappa shape index (κ2) is 4.45. The smallest absolute Gasteiger partial charge is 0.166 e. The van der Waals surface area contributed by atoms with Crippen LogP contribution in [0.2, 0.25) is 10.0 Å². The fourth-order valence-corrected chi connectivity index (χ4v) is 1.57. The van der Waals surface area contributed by atoms with Crippen molar-refractivity contribution in [1.82, 2.24) is 0 Å². The van der Waals surface area contributed by atoms with Gasteiger partial charge in [0.15, 0.2) is 17.5 Å². The van der Waals surface area contributed by atoms with Gasteiger partial charge in [0.2, 0.25) is 0 Å². The maximum Gasteiger partial charge on any atom is 0.166 e. The normalized spacial score (nSPS) is 10.5. The lowest BCUT2D eigenvalue weighted by atomic mass is 10.1. The molecule has 15 heavy (non-hydrogen) atoms. The molecule has 0 unspecified atom stereocenters. The first-order chi connectivity index (χ1) is 6.86. The van der Waals surface area contributed by atoms with E-state index < -0.39 is 27.5 Å². The van der Waals surface area contributed by atoms with Crippen LogP contribution in [0.15, 0.2) is 12.2 Å². The zero-order valence-electron chi connectivity index (χ0n) is 7.80. The Balaban J connectivity index is 3.45. The Kier molecular flexibility index (Phi) is 3.68. The predicted molar refractivity (Wildman–Crippen MR) is 54.9 cm³/mol. The molecule has 0 saturated carbocycles. The molecule has 0 heterocycles. The fraction of sp³-hybridized carbons (Fsp3) is 0.200. The zero-order valence-corrected chi connectivity index (χ0v) is 9.32. The van der Waals surface area contributed by atoms with Gasteiger partial charge in [-0.1, -0.05) is 35.4 Å². The van der Waals surface area contributed by atoms with Gasteiger partial charge in [-0.05, 0) is 13.3 Å². The van der Waals surface area contributed by atoms with Crippen molar-refractivity contribution >= 4 is 23.2 Å². The van der Waals surface area contributed by atoms with Crippen LogP contribution in [0, 0.1) is 17.5 Å². The summed E-state index contributed by atoms with van der Waals surface area (Å²) in [5, 5.41) is -1.59. The van der Waals surface area contributed by atoms with Crippen LogP contribution in [-0.2, 0) is 6.42 Å². The SMILES string of the molecule is C=C(C)Cc1c(F)c(Cl)c(F)c(Cl)c1F. The molecule has 0 aromatic heterocycles. The highest BCUT2D eigenvalue weighted by atomic mass is 35.5. The van der Waals surface area contributed by atoms with Crippen molar-refractivity contribution in [3.63, 3.8) is 0 Å². The van der Waals surface area contributed by atoms with Gasteiger partial charge in [-0.3, -0.25) is 0 Å². The van der Waals surface area contributed by atoms with E-state index in [4.69, 9.17) is 23.2 Å². The standard InChI is InChI=1S/C10H7Cl2F3/c1-4(2)3-5-8(13)6(11)10(15)7(12)9(5)14/h1,3H2,2H3. The first-order valence-electron chi connectivity index (χ1n) is 4.01. The summed E-state index contributed by atoms with van der Waals surface area (Å²) >= 11 is 10.6. The van der Waals surface area contributed by atoms with E-state index in [9.17, 15) is 13.2 Å².